The van der Waals surface area contributed by atoms with Gasteiger partial charge in [0.25, 0.3) is 0 Å². The summed E-state index contributed by atoms with van der Waals surface area (Å²) in [4.78, 5) is 76.1. The van der Waals surface area contributed by atoms with Gasteiger partial charge in [0.15, 0.2) is 40.6 Å². The number of piperidine rings is 2. The lowest BCUT2D eigenvalue weighted by Gasteiger charge is -2.56. The van der Waals surface area contributed by atoms with Crippen LogP contribution in [0, 0.1) is 11.8 Å². The number of nitrogens with zero attached hydrogens (tertiary/aromatic N) is 2. The number of benzene rings is 6. The van der Waals surface area contributed by atoms with E-state index < -0.39 is 17.6 Å². The second kappa shape index (κ2) is 23.7. The molecule has 6 aromatic carbocycles. The Morgan fingerprint density at radius 1 is 0.505 bits per heavy atom. The van der Waals surface area contributed by atoms with E-state index >= 15 is 0 Å². The first-order chi connectivity index (χ1) is 44.5. The smallest absolute Gasteiger partial charge is 0.308 e. The average Bonchev–Trinajstić information content (AvgIpc) is 1.56. The summed E-state index contributed by atoms with van der Waals surface area (Å²) in [5.74, 6) is 1.18. The number of phenolic OH excluding ortho intramolecular Hbond substituents is 5. The molecule has 2 saturated heterocycles. The third-order valence-electron chi connectivity index (χ3n) is 19.3. The molecule has 16 rings (SSSR count). The normalized spacial score (nSPS) is 25.0. The Morgan fingerprint density at radius 3 is 1.41 bits per heavy atom. The molecule has 21 heteroatoms. The first-order valence-corrected chi connectivity index (χ1v) is 30.5. The molecule has 0 amide bonds. The number of hydrogen-bond donors (Lipinski definition) is 5. The molecule has 478 valence electrons. The van der Waals surface area contributed by atoms with Crippen molar-refractivity contribution < 1.29 is 82.0 Å². The molecule has 21 nitrogen and oxygen atoms in total. The van der Waals surface area contributed by atoms with Crippen LogP contribution in [0.2, 0.25) is 0 Å². The van der Waals surface area contributed by atoms with Crippen LogP contribution in [0.3, 0.4) is 0 Å². The fraction of sp³-hybridized carbons (Fsp3) is 0.306. The highest BCUT2D eigenvalue weighted by atomic mass is 16.6. The fourth-order valence-corrected chi connectivity index (χ4v) is 15.5. The van der Waals surface area contributed by atoms with E-state index in [1.54, 1.807) is 24.3 Å². The van der Waals surface area contributed by atoms with Crippen LogP contribution in [-0.2, 0) is 52.3 Å². The molecule has 2 fully saturated rings. The minimum atomic E-state index is -0.439. The molecular weight excluding hydrogens is 1200 g/mol. The second-order valence-electron chi connectivity index (χ2n) is 24.7. The monoisotopic (exact) mass is 1260 g/mol. The van der Waals surface area contributed by atoms with Gasteiger partial charge in [-0.3, -0.25) is 28.8 Å². The Morgan fingerprint density at radius 2 is 0.946 bits per heavy atom. The Bertz CT molecular complexity index is 4410. The molecular formula is C72H66N2O19. The number of carbonyl (C=O) groups excluding carboxylic acids is 4. The molecule has 8 aromatic rings. The van der Waals surface area contributed by atoms with E-state index in [1.165, 1.54) is 99.9 Å². The van der Waals surface area contributed by atoms with Gasteiger partial charge in [-0.15, -0.1) is 0 Å². The zero-order valence-corrected chi connectivity index (χ0v) is 51.5. The number of esters is 4. The summed E-state index contributed by atoms with van der Waals surface area (Å²) >= 11 is 0. The number of rotatable bonds is 6. The number of aromatic hydroxyl groups is 5. The molecule has 5 N–H and O–H groups in total. The minimum absolute atomic E-state index is 0.00775. The largest absolute Gasteiger partial charge is 0.508 e. The summed E-state index contributed by atoms with van der Waals surface area (Å²) in [6.07, 6.45) is 13.2. The number of hydrogen-bond acceptors (Lipinski definition) is 21. The van der Waals surface area contributed by atoms with Crippen molar-refractivity contribution in [1.29, 1.82) is 0 Å². The van der Waals surface area contributed by atoms with Gasteiger partial charge in [0.2, 0.25) is 5.43 Å². The van der Waals surface area contributed by atoms with Crippen LogP contribution in [0.25, 0.3) is 44.2 Å². The minimum Gasteiger partial charge on any atom is -0.508 e. The lowest BCUT2D eigenvalue weighted by molar-refractivity contribution is -0.153. The van der Waals surface area contributed by atoms with E-state index in [2.05, 4.69) is 48.2 Å². The molecule has 2 spiro atoms. The second-order valence-corrected chi connectivity index (χ2v) is 24.7. The van der Waals surface area contributed by atoms with Gasteiger partial charge in [-0.25, -0.2) is 0 Å². The SMILES string of the molecule is CC(=O)Oc1ccc2c3c1O[C@H]1[C@@H](OC(C)=O)C=C[C@H]4[C@@H](C2)N(C)CC[C@@]341.CC(=O)Oc1ccc2c3c1O[C@H]1[C@@H](OC(C)=O)C=C[C@H]4[C@@H](C2)N(C)CC[C@@]341.O=c1c(-c2ccc(O)cc2)coc2cc(O)cc(O)c12.O=c1c(-c2ccc(O)cc2)coc2cc(O)ccc12. The first-order valence-electron chi connectivity index (χ1n) is 30.5. The molecule has 2 aromatic heterocycles. The maximum absolute atomic E-state index is 12.4. The molecule has 0 radical (unpaired) electrons. The highest BCUT2D eigenvalue weighted by Gasteiger charge is 2.67. The first kappa shape index (κ1) is 61.5. The van der Waals surface area contributed by atoms with Gasteiger partial charge in [0.05, 0.1) is 16.5 Å². The van der Waals surface area contributed by atoms with Crippen LogP contribution >= 0.6 is 0 Å². The predicted octanol–water partition coefficient (Wildman–Crippen LogP) is 9.43. The molecule has 0 saturated carbocycles. The van der Waals surface area contributed by atoms with Crippen molar-refractivity contribution in [3.63, 3.8) is 0 Å². The number of phenols is 5. The summed E-state index contributed by atoms with van der Waals surface area (Å²) in [6.45, 7) is 7.55. The number of fused-ring (bicyclic) bond motifs is 2. The van der Waals surface area contributed by atoms with E-state index in [9.17, 15) is 54.3 Å². The maximum Gasteiger partial charge on any atom is 0.308 e. The van der Waals surface area contributed by atoms with Gasteiger partial charge in [-0.05, 0) is 136 Å². The zero-order valence-electron chi connectivity index (χ0n) is 51.5. The van der Waals surface area contributed by atoms with Gasteiger partial charge in [0.1, 0.15) is 70.0 Å². The van der Waals surface area contributed by atoms with E-state index in [-0.39, 0.29) is 109 Å². The maximum atomic E-state index is 12.4. The van der Waals surface area contributed by atoms with Crippen LogP contribution in [0.1, 0.15) is 62.8 Å². The molecule has 4 aliphatic heterocycles. The van der Waals surface area contributed by atoms with Gasteiger partial charge in [-0.1, -0.05) is 48.6 Å². The summed E-state index contributed by atoms with van der Waals surface area (Å²) in [6, 6.07) is 27.6. The third kappa shape index (κ3) is 10.6. The van der Waals surface area contributed by atoms with Crippen molar-refractivity contribution in [3.05, 3.63) is 183 Å². The number of likely N-dealkylation sites (tertiary alicyclic amines) is 2. The summed E-state index contributed by atoms with van der Waals surface area (Å²) in [5, 5.41) is 47.4. The highest BCUT2D eigenvalue weighted by molar-refractivity contribution is 5.88. The molecule has 0 unspecified atom stereocenters. The van der Waals surface area contributed by atoms with E-state index in [0.717, 1.165) is 56.0 Å². The summed E-state index contributed by atoms with van der Waals surface area (Å²) in [7, 11) is 4.35. The summed E-state index contributed by atoms with van der Waals surface area (Å²) < 4.78 is 45.6. The van der Waals surface area contributed by atoms with Crippen LogP contribution < -0.4 is 29.8 Å². The van der Waals surface area contributed by atoms with Gasteiger partial charge >= 0.3 is 23.9 Å². The van der Waals surface area contributed by atoms with E-state index in [0.29, 0.717) is 62.7 Å². The van der Waals surface area contributed by atoms with E-state index in [1.807, 2.05) is 24.3 Å². The zero-order chi connectivity index (χ0) is 65.5. The van der Waals surface area contributed by atoms with Crippen molar-refractivity contribution in [1.82, 2.24) is 9.80 Å². The highest BCUT2D eigenvalue weighted by Crippen LogP contribution is 2.64. The number of likely N-dealkylation sites (N-methyl/N-ethyl adjacent to an activating group) is 2. The van der Waals surface area contributed by atoms with Crippen LogP contribution in [0.15, 0.2) is 158 Å². The van der Waals surface area contributed by atoms with Crippen molar-refractivity contribution in [2.45, 2.75) is 101 Å². The standard InChI is InChI=1S/2C21H23NO5.C15H10O5.C15H10O4/c2*1-11(23)25-16-6-4-13-10-15-14-5-7-17(26-12(2)24)20-21(14,8-9-22(15)3)18(13)19(16)27-20;16-9-3-1-8(2-4-9)11-7-20-13-6-10(17)5-12(18)14(13)15(11)19;16-10-3-1-9(2-4-10)13-8-19-14-7-11(17)5-6-12(14)15(13)18/h2*4-7,14-15,17,20H,8-10H2,1-3H3;1-7,16-18H;1-8,16-17H/t2*14-,15+,17-,20-,21-;;/m00../s1. The van der Waals surface area contributed by atoms with Gasteiger partial charge < -0.3 is 72.6 Å². The van der Waals surface area contributed by atoms with Gasteiger partial charge in [-0.2, -0.15) is 0 Å². The Hall–Kier alpha value is -10.4. The lowest BCUT2D eigenvalue weighted by atomic mass is 9.53. The molecule has 93 heavy (non-hydrogen) atoms. The molecule has 4 aliphatic carbocycles. The number of carbonyl (C=O) groups is 4. The molecule has 6 heterocycles. The van der Waals surface area contributed by atoms with Gasteiger partial charge in [0, 0.05) is 91.8 Å². The molecule has 10 atom stereocenters. The average molecular weight is 1260 g/mol. The summed E-state index contributed by atoms with van der Waals surface area (Å²) in [5.41, 5.74) is 6.08. The predicted molar refractivity (Wildman–Crippen MR) is 338 cm³/mol. The van der Waals surface area contributed by atoms with E-state index in [4.69, 9.17) is 37.3 Å². The molecule has 8 aliphatic rings. The van der Waals surface area contributed by atoms with Crippen molar-refractivity contribution in [3.8, 4) is 74.0 Å². The van der Waals surface area contributed by atoms with Crippen LogP contribution in [0.5, 0.6) is 51.7 Å². The van der Waals surface area contributed by atoms with Crippen LogP contribution in [-0.4, -0.2) is 123 Å². The fourth-order valence-electron chi connectivity index (χ4n) is 15.5. The topological polar surface area (TPSA) is 292 Å². The van der Waals surface area contributed by atoms with Crippen molar-refractivity contribution in [2.75, 3.05) is 27.2 Å². The Labute approximate surface area is 531 Å². The van der Waals surface area contributed by atoms with Crippen molar-refractivity contribution >= 4 is 45.8 Å². The lowest BCUT2D eigenvalue weighted by Crippen LogP contribution is -2.65. The Balaban J connectivity index is 0.000000114. The Kier molecular flexibility index (Phi) is 15.7. The van der Waals surface area contributed by atoms with Crippen molar-refractivity contribution in [2.24, 2.45) is 11.8 Å². The quantitative estimate of drug-likeness (QED) is 0.0588. The molecule has 4 bridgehead atoms. The van der Waals surface area contributed by atoms with Crippen LogP contribution in [0.4, 0.5) is 0 Å². The number of ether oxygens (including phenoxy) is 6. The third-order valence-corrected chi connectivity index (χ3v) is 19.3.